The molecule has 1 heterocycles. The standard InChI is InChI=1S/C11H11BrN2O/c1-8-4-3-5-9(6-8)14-10(12)7-13-11(14)15-2/h3-7H,1-2H3. The van der Waals surface area contributed by atoms with Gasteiger partial charge in [0.25, 0.3) is 0 Å². The number of hydrogen-bond acceptors (Lipinski definition) is 2. The van der Waals surface area contributed by atoms with Crippen LogP contribution in [0.2, 0.25) is 0 Å². The molecule has 15 heavy (non-hydrogen) atoms. The van der Waals surface area contributed by atoms with Gasteiger partial charge in [-0.2, -0.15) is 0 Å². The molecule has 0 aliphatic rings. The summed E-state index contributed by atoms with van der Waals surface area (Å²) in [4.78, 5) is 4.13. The van der Waals surface area contributed by atoms with Gasteiger partial charge in [0.05, 0.1) is 19.0 Å². The minimum atomic E-state index is 0.576. The van der Waals surface area contributed by atoms with Gasteiger partial charge in [0.15, 0.2) is 0 Å². The zero-order chi connectivity index (χ0) is 10.8. The Labute approximate surface area is 96.8 Å². The summed E-state index contributed by atoms with van der Waals surface area (Å²) in [7, 11) is 1.61. The van der Waals surface area contributed by atoms with Crippen molar-refractivity contribution in [2.75, 3.05) is 7.11 Å². The SMILES string of the molecule is COc1ncc(Br)n1-c1cccc(C)c1. The predicted octanol–water partition coefficient (Wildman–Crippen LogP) is 2.95. The maximum absolute atomic E-state index is 5.18. The van der Waals surface area contributed by atoms with Crippen molar-refractivity contribution in [3.05, 3.63) is 40.6 Å². The van der Waals surface area contributed by atoms with Crippen molar-refractivity contribution in [2.45, 2.75) is 6.92 Å². The molecule has 0 aliphatic heterocycles. The van der Waals surface area contributed by atoms with Gasteiger partial charge in [-0.25, -0.2) is 4.98 Å². The summed E-state index contributed by atoms with van der Waals surface area (Å²) in [6.45, 7) is 2.06. The highest BCUT2D eigenvalue weighted by atomic mass is 79.9. The quantitative estimate of drug-likeness (QED) is 0.836. The molecule has 2 aromatic rings. The van der Waals surface area contributed by atoms with E-state index in [1.807, 2.05) is 16.7 Å². The van der Waals surface area contributed by atoms with Crippen LogP contribution in [0.4, 0.5) is 0 Å². The third-order valence-corrected chi connectivity index (χ3v) is 2.69. The first-order chi connectivity index (χ1) is 7.22. The Morgan fingerprint density at radius 3 is 2.87 bits per heavy atom. The van der Waals surface area contributed by atoms with E-state index in [9.17, 15) is 0 Å². The molecule has 78 valence electrons. The van der Waals surface area contributed by atoms with Crippen molar-refractivity contribution < 1.29 is 4.74 Å². The zero-order valence-electron chi connectivity index (χ0n) is 8.57. The zero-order valence-corrected chi connectivity index (χ0v) is 10.2. The van der Waals surface area contributed by atoms with Crippen LogP contribution in [0.15, 0.2) is 35.1 Å². The lowest BCUT2D eigenvalue weighted by Crippen LogP contribution is -1.98. The molecule has 0 atom stereocenters. The van der Waals surface area contributed by atoms with Crippen LogP contribution in [-0.4, -0.2) is 16.7 Å². The fourth-order valence-electron chi connectivity index (χ4n) is 1.46. The molecular formula is C11H11BrN2O. The molecule has 1 aromatic carbocycles. The van der Waals surface area contributed by atoms with Crippen LogP contribution in [0.3, 0.4) is 0 Å². The van der Waals surface area contributed by atoms with Crippen LogP contribution in [0.25, 0.3) is 5.69 Å². The van der Waals surface area contributed by atoms with Crippen LogP contribution >= 0.6 is 15.9 Å². The maximum atomic E-state index is 5.18. The molecule has 0 radical (unpaired) electrons. The highest BCUT2D eigenvalue weighted by Gasteiger charge is 2.09. The lowest BCUT2D eigenvalue weighted by Gasteiger charge is -2.08. The summed E-state index contributed by atoms with van der Waals surface area (Å²) < 4.78 is 7.97. The van der Waals surface area contributed by atoms with E-state index in [1.54, 1.807) is 13.3 Å². The third kappa shape index (κ3) is 1.90. The molecule has 1 aromatic heterocycles. The fraction of sp³-hybridized carbons (Fsp3) is 0.182. The first kappa shape index (κ1) is 10.2. The highest BCUT2D eigenvalue weighted by Crippen LogP contribution is 2.24. The second-order valence-corrected chi connectivity index (χ2v) is 4.05. The number of aromatic nitrogens is 2. The summed E-state index contributed by atoms with van der Waals surface area (Å²) >= 11 is 3.44. The van der Waals surface area contributed by atoms with E-state index in [-0.39, 0.29) is 0 Å². The summed E-state index contributed by atoms with van der Waals surface area (Å²) in [5.74, 6) is 0. The molecule has 3 nitrogen and oxygen atoms in total. The van der Waals surface area contributed by atoms with Crippen molar-refractivity contribution in [3.63, 3.8) is 0 Å². The van der Waals surface area contributed by atoms with Gasteiger partial charge in [0.1, 0.15) is 4.60 Å². The van der Waals surface area contributed by atoms with Gasteiger partial charge in [-0.15, -0.1) is 0 Å². The third-order valence-electron chi connectivity index (χ3n) is 2.13. The van der Waals surface area contributed by atoms with E-state index in [4.69, 9.17) is 4.74 Å². The van der Waals surface area contributed by atoms with Gasteiger partial charge >= 0.3 is 6.01 Å². The summed E-state index contributed by atoms with van der Waals surface area (Å²) in [5.41, 5.74) is 2.24. The molecule has 0 aliphatic carbocycles. The molecule has 0 fully saturated rings. The molecule has 0 unspecified atom stereocenters. The van der Waals surface area contributed by atoms with E-state index in [1.165, 1.54) is 5.56 Å². The lowest BCUT2D eigenvalue weighted by atomic mass is 10.2. The number of aryl methyl sites for hydroxylation is 1. The Kier molecular flexibility index (Phi) is 2.77. The van der Waals surface area contributed by atoms with Gasteiger partial charge in [-0.3, -0.25) is 4.57 Å². The van der Waals surface area contributed by atoms with Gasteiger partial charge in [0.2, 0.25) is 0 Å². The molecule has 2 rings (SSSR count). The molecule has 0 bridgehead atoms. The van der Waals surface area contributed by atoms with Crippen molar-refractivity contribution >= 4 is 15.9 Å². The van der Waals surface area contributed by atoms with Crippen molar-refractivity contribution in [1.82, 2.24) is 9.55 Å². The maximum Gasteiger partial charge on any atom is 0.301 e. The van der Waals surface area contributed by atoms with Crippen LogP contribution < -0.4 is 4.74 Å². The fourth-order valence-corrected chi connectivity index (χ4v) is 1.92. The summed E-state index contributed by atoms with van der Waals surface area (Å²) in [5, 5.41) is 0. The number of methoxy groups -OCH3 is 1. The Balaban J connectivity index is 2.57. The van der Waals surface area contributed by atoms with Crippen LogP contribution in [0.1, 0.15) is 5.56 Å². The highest BCUT2D eigenvalue weighted by molar-refractivity contribution is 9.10. The van der Waals surface area contributed by atoms with E-state index >= 15 is 0 Å². The van der Waals surface area contributed by atoms with E-state index in [0.717, 1.165) is 10.3 Å². The van der Waals surface area contributed by atoms with Gasteiger partial charge in [-0.05, 0) is 40.5 Å². The van der Waals surface area contributed by atoms with Crippen molar-refractivity contribution in [1.29, 1.82) is 0 Å². The van der Waals surface area contributed by atoms with Crippen molar-refractivity contribution in [3.8, 4) is 11.7 Å². The number of halogens is 1. The molecule has 0 saturated carbocycles. The van der Waals surface area contributed by atoms with Crippen LogP contribution in [0.5, 0.6) is 6.01 Å². The number of imidazole rings is 1. The van der Waals surface area contributed by atoms with Crippen molar-refractivity contribution in [2.24, 2.45) is 0 Å². The summed E-state index contributed by atoms with van der Waals surface area (Å²) in [6, 6.07) is 8.74. The molecule has 0 saturated heterocycles. The monoisotopic (exact) mass is 266 g/mol. The number of ether oxygens (including phenoxy) is 1. The predicted molar refractivity (Wildman–Crippen MR) is 62.6 cm³/mol. The topological polar surface area (TPSA) is 27.1 Å². The second kappa shape index (κ2) is 4.06. The Morgan fingerprint density at radius 2 is 2.20 bits per heavy atom. The average Bonchev–Trinajstić information content (AvgIpc) is 2.59. The van der Waals surface area contributed by atoms with Gasteiger partial charge < -0.3 is 4.74 Å². The number of hydrogen-bond donors (Lipinski definition) is 0. The minimum absolute atomic E-state index is 0.576. The number of rotatable bonds is 2. The van der Waals surface area contributed by atoms with Gasteiger partial charge in [0, 0.05) is 0 Å². The Hall–Kier alpha value is -1.29. The minimum Gasteiger partial charge on any atom is -0.468 e. The molecule has 0 N–H and O–H groups in total. The smallest absolute Gasteiger partial charge is 0.301 e. The largest absolute Gasteiger partial charge is 0.468 e. The van der Waals surface area contributed by atoms with Crippen LogP contribution in [-0.2, 0) is 0 Å². The first-order valence-corrected chi connectivity index (χ1v) is 5.36. The molecule has 4 heteroatoms. The Morgan fingerprint density at radius 1 is 1.40 bits per heavy atom. The summed E-state index contributed by atoms with van der Waals surface area (Å²) in [6.07, 6.45) is 1.72. The molecular weight excluding hydrogens is 256 g/mol. The normalized spacial score (nSPS) is 10.3. The molecule has 0 amide bonds. The lowest BCUT2D eigenvalue weighted by molar-refractivity contribution is 0.373. The molecule has 0 spiro atoms. The van der Waals surface area contributed by atoms with E-state index < -0.39 is 0 Å². The van der Waals surface area contributed by atoms with E-state index in [0.29, 0.717) is 6.01 Å². The second-order valence-electron chi connectivity index (χ2n) is 3.24. The first-order valence-electron chi connectivity index (χ1n) is 4.56. The average molecular weight is 267 g/mol. The van der Waals surface area contributed by atoms with E-state index in [2.05, 4.69) is 40.0 Å². The Bertz CT molecular complexity index is 479. The number of benzene rings is 1. The van der Waals surface area contributed by atoms with Gasteiger partial charge in [-0.1, -0.05) is 12.1 Å². The van der Waals surface area contributed by atoms with Crippen LogP contribution in [0, 0.1) is 6.92 Å². The number of nitrogens with zero attached hydrogens (tertiary/aromatic N) is 2.